The van der Waals surface area contributed by atoms with Gasteiger partial charge in [0.25, 0.3) is 5.69 Å². The maximum Gasteiger partial charge on any atom is 0.270 e. The zero-order valence-electron chi connectivity index (χ0n) is 14.7. The van der Waals surface area contributed by atoms with Gasteiger partial charge in [0.2, 0.25) is 10.0 Å². The largest absolute Gasteiger partial charge is 0.370 e. The molecule has 0 saturated carbocycles. The predicted molar refractivity (Wildman–Crippen MR) is 105 cm³/mol. The van der Waals surface area contributed by atoms with Crippen LogP contribution in [0.25, 0.3) is 0 Å². The van der Waals surface area contributed by atoms with Crippen molar-refractivity contribution in [3.05, 3.63) is 63.2 Å². The van der Waals surface area contributed by atoms with E-state index in [1.54, 1.807) is 29.2 Å². The first-order valence-corrected chi connectivity index (χ1v) is 10.4. The van der Waals surface area contributed by atoms with Gasteiger partial charge in [-0.25, -0.2) is 13.6 Å². The lowest BCUT2D eigenvalue weighted by Gasteiger charge is -2.33. The summed E-state index contributed by atoms with van der Waals surface area (Å²) in [5.41, 5.74) is 0.550. The Hall–Kier alpha value is -2.49. The van der Waals surface area contributed by atoms with Gasteiger partial charge in [-0.2, -0.15) is 0 Å². The Bertz CT molecular complexity index is 1020. The Morgan fingerprint density at radius 3 is 2.29 bits per heavy atom. The molecule has 1 saturated heterocycles. The lowest BCUT2D eigenvalue weighted by atomic mass is 9.88. The van der Waals surface area contributed by atoms with Gasteiger partial charge in [0, 0.05) is 41.7 Å². The molecule has 1 fully saturated rings. The van der Waals surface area contributed by atoms with E-state index in [1.807, 2.05) is 0 Å². The summed E-state index contributed by atoms with van der Waals surface area (Å²) in [6.45, 7) is 0.870. The van der Waals surface area contributed by atoms with Crippen molar-refractivity contribution in [1.82, 2.24) is 0 Å². The number of piperidine rings is 1. The summed E-state index contributed by atoms with van der Waals surface area (Å²) in [4.78, 5) is 24.4. The molecule has 2 aromatic rings. The van der Waals surface area contributed by atoms with Gasteiger partial charge in [0.05, 0.1) is 10.6 Å². The smallest absolute Gasteiger partial charge is 0.270 e. The van der Waals surface area contributed by atoms with Crippen molar-refractivity contribution in [2.45, 2.75) is 17.7 Å². The van der Waals surface area contributed by atoms with Crippen molar-refractivity contribution in [3.8, 4) is 0 Å². The number of carbonyl (C=O) groups excluding carboxylic acids is 1. The van der Waals surface area contributed by atoms with E-state index in [4.69, 9.17) is 16.7 Å². The summed E-state index contributed by atoms with van der Waals surface area (Å²) in [5, 5.41) is 16.8. The van der Waals surface area contributed by atoms with Crippen molar-refractivity contribution < 1.29 is 18.1 Å². The molecule has 1 aliphatic heterocycles. The third-order valence-electron chi connectivity index (χ3n) is 4.80. The molecule has 0 atom stereocenters. The number of hydrogen-bond acceptors (Lipinski definition) is 6. The summed E-state index contributed by atoms with van der Waals surface area (Å²) in [5.74, 6) is -0.167. The van der Waals surface area contributed by atoms with Gasteiger partial charge in [-0.1, -0.05) is 11.6 Å². The topological polar surface area (TPSA) is 124 Å². The molecule has 3 rings (SSSR count). The summed E-state index contributed by atoms with van der Waals surface area (Å²) in [6, 6.07) is 10.3. The Morgan fingerprint density at radius 1 is 1.14 bits per heavy atom. The fraction of sp³-hybridized carbons (Fsp3) is 0.278. The molecule has 0 radical (unpaired) electrons. The first-order valence-electron chi connectivity index (χ1n) is 8.53. The summed E-state index contributed by atoms with van der Waals surface area (Å²) >= 11 is 5.85. The second-order valence-electron chi connectivity index (χ2n) is 6.59. The number of halogens is 1. The fourth-order valence-corrected chi connectivity index (χ4v) is 4.24. The molecule has 0 amide bonds. The third-order valence-corrected chi connectivity index (χ3v) is 5.99. The highest BCUT2D eigenvalue weighted by Crippen LogP contribution is 2.32. The molecular formula is C18H18ClN3O5S. The van der Waals surface area contributed by atoms with Crippen LogP contribution in [0.3, 0.4) is 0 Å². The van der Waals surface area contributed by atoms with E-state index in [0.717, 1.165) is 6.07 Å². The van der Waals surface area contributed by atoms with Crippen LogP contribution in [0, 0.1) is 16.0 Å². The molecular weight excluding hydrogens is 406 g/mol. The van der Waals surface area contributed by atoms with Crippen LogP contribution in [0.5, 0.6) is 0 Å². The number of primary sulfonamides is 1. The highest BCUT2D eigenvalue weighted by Gasteiger charge is 2.29. The van der Waals surface area contributed by atoms with Crippen LogP contribution in [0.2, 0.25) is 5.02 Å². The molecule has 2 N–H and O–H groups in total. The van der Waals surface area contributed by atoms with Crippen molar-refractivity contribution in [1.29, 1.82) is 0 Å². The van der Waals surface area contributed by atoms with E-state index < -0.39 is 14.9 Å². The Morgan fingerprint density at radius 2 is 1.75 bits per heavy atom. The second kappa shape index (κ2) is 7.86. The first kappa shape index (κ1) is 20.2. The van der Waals surface area contributed by atoms with Crippen LogP contribution >= 0.6 is 11.6 Å². The van der Waals surface area contributed by atoms with Crippen LogP contribution in [0.1, 0.15) is 23.2 Å². The number of benzene rings is 2. The Kier molecular flexibility index (Phi) is 5.69. The van der Waals surface area contributed by atoms with E-state index in [-0.39, 0.29) is 22.3 Å². The normalized spacial score (nSPS) is 15.4. The predicted octanol–water partition coefficient (Wildman–Crippen LogP) is 2.99. The third kappa shape index (κ3) is 4.32. The molecule has 0 spiro atoms. The minimum Gasteiger partial charge on any atom is -0.370 e. The monoisotopic (exact) mass is 423 g/mol. The van der Waals surface area contributed by atoms with Crippen molar-refractivity contribution in [3.63, 3.8) is 0 Å². The van der Waals surface area contributed by atoms with E-state index in [2.05, 4.69) is 0 Å². The molecule has 0 bridgehead atoms. The molecule has 0 aliphatic carbocycles. The summed E-state index contributed by atoms with van der Waals surface area (Å²) in [7, 11) is -4.14. The van der Waals surface area contributed by atoms with Gasteiger partial charge in [-0.15, -0.1) is 0 Å². The zero-order chi connectivity index (χ0) is 20.5. The minimum atomic E-state index is -4.14. The number of nitrogens with two attached hydrogens (primary N) is 1. The summed E-state index contributed by atoms with van der Waals surface area (Å²) in [6.07, 6.45) is 1.06. The van der Waals surface area contributed by atoms with Crippen LogP contribution in [-0.2, 0) is 10.0 Å². The van der Waals surface area contributed by atoms with E-state index in [1.165, 1.54) is 12.1 Å². The number of nitro groups is 1. The average Bonchev–Trinajstić information content (AvgIpc) is 2.67. The van der Waals surface area contributed by atoms with Gasteiger partial charge in [-0.3, -0.25) is 14.9 Å². The standard InChI is InChI=1S/C18H18ClN3O5S/c19-14-3-1-12(2-4-14)18(23)13-7-9-21(10-8-13)16-6-5-15(22(24)25)11-17(16)28(20,26)27/h1-6,11,13H,7-10H2,(H2,20,26,27). The van der Waals surface area contributed by atoms with Gasteiger partial charge >= 0.3 is 0 Å². The molecule has 148 valence electrons. The molecule has 2 aromatic carbocycles. The number of sulfonamides is 1. The number of carbonyl (C=O) groups is 1. The molecule has 28 heavy (non-hydrogen) atoms. The molecule has 0 unspecified atom stereocenters. The lowest BCUT2D eigenvalue weighted by molar-refractivity contribution is -0.385. The number of ketones is 1. The van der Waals surface area contributed by atoms with Crippen LogP contribution in [-0.4, -0.2) is 32.2 Å². The lowest BCUT2D eigenvalue weighted by Crippen LogP contribution is -2.37. The minimum absolute atomic E-state index is 0.0201. The second-order valence-corrected chi connectivity index (χ2v) is 8.55. The van der Waals surface area contributed by atoms with Gasteiger partial charge < -0.3 is 4.90 Å². The molecule has 10 heteroatoms. The van der Waals surface area contributed by atoms with Crippen molar-refractivity contribution in [2.75, 3.05) is 18.0 Å². The number of nitrogens with zero attached hydrogens (tertiary/aromatic N) is 2. The quantitative estimate of drug-likeness (QED) is 0.448. The Labute approximate surface area is 167 Å². The summed E-state index contributed by atoms with van der Waals surface area (Å²) < 4.78 is 23.8. The fourth-order valence-electron chi connectivity index (χ4n) is 3.34. The molecule has 1 aliphatic rings. The highest BCUT2D eigenvalue weighted by molar-refractivity contribution is 7.89. The van der Waals surface area contributed by atoms with Gasteiger partial charge in [0.1, 0.15) is 4.90 Å². The number of Topliss-reactive ketones (excluding diaryl/α,β-unsaturated/α-hetero) is 1. The van der Waals surface area contributed by atoms with Crippen LogP contribution in [0.4, 0.5) is 11.4 Å². The van der Waals surface area contributed by atoms with E-state index in [0.29, 0.717) is 42.2 Å². The molecule has 8 nitrogen and oxygen atoms in total. The average molecular weight is 424 g/mol. The number of hydrogen-bond donors (Lipinski definition) is 1. The maximum atomic E-state index is 12.6. The number of anilines is 1. The van der Waals surface area contributed by atoms with Crippen molar-refractivity contribution >= 4 is 38.8 Å². The zero-order valence-corrected chi connectivity index (χ0v) is 16.3. The molecule has 1 heterocycles. The Balaban J connectivity index is 1.78. The van der Waals surface area contributed by atoms with Crippen LogP contribution in [0.15, 0.2) is 47.4 Å². The van der Waals surface area contributed by atoms with Gasteiger partial charge in [0.15, 0.2) is 5.78 Å². The van der Waals surface area contributed by atoms with E-state index >= 15 is 0 Å². The van der Waals surface area contributed by atoms with Crippen molar-refractivity contribution in [2.24, 2.45) is 11.1 Å². The number of non-ortho nitro benzene ring substituents is 1. The number of rotatable bonds is 5. The van der Waals surface area contributed by atoms with Gasteiger partial charge in [-0.05, 0) is 43.2 Å². The first-order chi connectivity index (χ1) is 13.2. The highest BCUT2D eigenvalue weighted by atomic mass is 35.5. The SMILES string of the molecule is NS(=O)(=O)c1cc([N+](=O)[O-])ccc1N1CCC(C(=O)c2ccc(Cl)cc2)CC1. The molecule has 0 aromatic heterocycles. The van der Waals surface area contributed by atoms with E-state index in [9.17, 15) is 23.3 Å². The maximum absolute atomic E-state index is 12.6. The number of nitro benzene ring substituents is 1. The van der Waals surface area contributed by atoms with Crippen LogP contribution < -0.4 is 10.0 Å².